The number of hydrogen-bond acceptors (Lipinski definition) is 4. The van der Waals surface area contributed by atoms with Crippen molar-refractivity contribution in [1.82, 2.24) is 9.62 Å². The Balaban J connectivity index is 2.01. The van der Waals surface area contributed by atoms with Crippen LogP contribution in [0.1, 0.15) is 22.5 Å². The van der Waals surface area contributed by atoms with Gasteiger partial charge in [0.25, 0.3) is 5.91 Å². The van der Waals surface area contributed by atoms with E-state index in [2.05, 4.69) is 4.72 Å². The van der Waals surface area contributed by atoms with Crippen molar-refractivity contribution in [3.63, 3.8) is 0 Å². The summed E-state index contributed by atoms with van der Waals surface area (Å²) >= 11 is 1.41. The Morgan fingerprint density at radius 1 is 1.56 bits per heavy atom. The highest BCUT2D eigenvalue weighted by atomic mass is 32.2. The van der Waals surface area contributed by atoms with E-state index in [-0.39, 0.29) is 11.9 Å². The zero-order valence-corrected chi connectivity index (χ0v) is 11.8. The normalized spacial score (nSPS) is 20.9. The van der Waals surface area contributed by atoms with Crippen molar-refractivity contribution >= 4 is 27.3 Å². The zero-order chi connectivity index (χ0) is 13.2. The van der Waals surface area contributed by atoms with Gasteiger partial charge in [-0.25, -0.2) is 13.1 Å². The highest BCUT2D eigenvalue weighted by Gasteiger charge is 2.26. The lowest BCUT2D eigenvalue weighted by Gasteiger charge is -2.32. The molecular formula is C11H16N2O3S2. The highest BCUT2D eigenvalue weighted by molar-refractivity contribution is 7.88. The molecular weight excluding hydrogens is 272 g/mol. The van der Waals surface area contributed by atoms with Gasteiger partial charge < -0.3 is 4.90 Å². The maximum atomic E-state index is 12.1. The topological polar surface area (TPSA) is 66.5 Å². The summed E-state index contributed by atoms with van der Waals surface area (Å²) < 4.78 is 25.0. The standard InChI is InChI=1S/C11H16N2O3S2/c1-18(15,16)12-9-4-2-6-13(8-9)11(14)10-5-3-7-17-10/h3,5,7,9,12H,2,4,6,8H2,1H3/t9-/m0/s1. The van der Waals surface area contributed by atoms with Crippen LogP contribution in [0.3, 0.4) is 0 Å². The molecule has 1 aliphatic heterocycles. The summed E-state index contributed by atoms with van der Waals surface area (Å²) in [6.07, 6.45) is 2.75. The summed E-state index contributed by atoms with van der Waals surface area (Å²) in [4.78, 5) is 14.6. The molecule has 1 N–H and O–H groups in total. The lowest BCUT2D eigenvalue weighted by molar-refractivity contribution is 0.0708. The molecule has 2 heterocycles. The molecule has 1 saturated heterocycles. The Labute approximate surface area is 111 Å². The number of nitrogens with zero attached hydrogens (tertiary/aromatic N) is 1. The number of likely N-dealkylation sites (tertiary alicyclic amines) is 1. The molecule has 1 amide bonds. The van der Waals surface area contributed by atoms with Crippen LogP contribution in [0.4, 0.5) is 0 Å². The first-order valence-electron chi connectivity index (χ1n) is 5.76. The van der Waals surface area contributed by atoms with E-state index in [9.17, 15) is 13.2 Å². The molecule has 0 radical (unpaired) electrons. The van der Waals surface area contributed by atoms with Crippen molar-refractivity contribution < 1.29 is 13.2 Å². The van der Waals surface area contributed by atoms with E-state index in [1.54, 1.807) is 11.0 Å². The summed E-state index contributed by atoms with van der Waals surface area (Å²) in [6, 6.07) is 3.46. The minimum atomic E-state index is -3.21. The molecule has 7 heteroatoms. The maximum absolute atomic E-state index is 12.1. The number of amides is 1. The van der Waals surface area contributed by atoms with Crippen LogP contribution in [0.5, 0.6) is 0 Å². The SMILES string of the molecule is CS(=O)(=O)N[C@H]1CCCN(C(=O)c2cccs2)C1. The predicted molar refractivity (Wildman–Crippen MR) is 71.2 cm³/mol. The van der Waals surface area contributed by atoms with Crippen molar-refractivity contribution in [2.75, 3.05) is 19.3 Å². The number of carbonyl (C=O) groups is 1. The van der Waals surface area contributed by atoms with Gasteiger partial charge in [0, 0.05) is 19.1 Å². The summed E-state index contributed by atoms with van der Waals surface area (Å²) in [6.45, 7) is 1.14. The number of nitrogens with one attached hydrogen (secondary N) is 1. The molecule has 1 aromatic rings. The fourth-order valence-electron chi connectivity index (χ4n) is 2.12. The van der Waals surface area contributed by atoms with Crippen molar-refractivity contribution in [2.24, 2.45) is 0 Å². The second-order valence-electron chi connectivity index (χ2n) is 4.46. The van der Waals surface area contributed by atoms with E-state index in [4.69, 9.17) is 0 Å². The Morgan fingerprint density at radius 3 is 2.94 bits per heavy atom. The molecule has 100 valence electrons. The number of piperidine rings is 1. The number of carbonyl (C=O) groups excluding carboxylic acids is 1. The molecule has 5 nitrogen and oxygen atoms in total. The van der Waals surface area contributed by atoms with Gasteiger partial charge in [0.05, 0.1) is 11.1 Å². The van der Waals surface area contributed by atoms with Crippen LogP contribution < -0.4 is 4.72 Å². The lowest BCUT2D eigenvalue weighted by atomic mass is 10.1. The second kappa shape index (κ2) is 5.38. The maximum Gasteiger partial charge on any atom is 0.263 e. The quantitative estimate of drug-likeness (QED) is 0.898. The van der Waals surface area contributed by atoms with E-state index < -0.39 is 10.0 Å². The van der Waals surface area contributed by atoms with E-state index in [0.29, 0.717) is 18.0 Å². The van der Waals surface area contributed by atoms with Gasteiger partial charge in [0.15, 0.2) is 0 Å². The van der Waals surface area contributed by atoms with Crippen LogP contribution in [0, 0.1) is 0 Å². The van der Waals surface area contributed by atoms with Gasteiger partial charge in [-0.1, -0.05) is 6.07 Å². The fraction of sp³-hybridized carbons (Fsp3) is 0.545. The van der Waals surface area contributed by atoms with Crippen LogP contribution in [-0.2, 0) is 10.0 Å². The van der Waals surface area contributed by atoms with Gasteiger partial charge in [-0.15, -0.1) is 11.3 Å². The highest BCUT2D eigenvalue weighted by Crippen LogP contribution is 2.17. The van der Waals surface area contributed by atoms with Gasteiger partial charge in [0.2, 0.25) is 10.0 Å². The number of rotatable bonds is 3. The number of sulfonamides is 1. The van der Waals surface area contributed by atoms with Crippen molar-refractivity contribution in [3.8, 4) is 0 Å². The number of hydrogen-bond donors (Lipinski definition) is 1. The van der Waals surface area contributed by atoms with Crippen LogP contribution in [-0.4, -0.2) is 44.6 Å². The predicted octanol–water partition coefficient (Wildman–Crippen LogP) is 0.902. The third kappa shape index (κ3) is 3.54. The smallest absolute Gasteiger partial charge is 0.263 e. The molecule has 1 atom stereocenters. The molecule has 0 aromatic carbocycles. The number of thiophene rings is 1. The lowest BCUT2D eigenvalue weighted by Crippen LogP contribution is -2.49. The van der Waals surface area contributed by atoms with Crippen LogP contribution in [0.15, 0.2) is 17.5 Å². The minimum absolute atomic E-state index is 0.00926. The summed E-state index contributed by atoms with van der Waals surface area (Å²) in [5.41, 5.74) is 0. The Kier molecular flexibility index (Phi) is 4.04. The molecule has 0 spiro atoms. The van der Waals surface area contributed by atoms with Gasteiger partial charge in [0.1, 0.15) is 0 Å². The molecule has 1 fully saturated rings. The Bertz CT molecular complexity index is 510. The van der Waals surface area contributed by atoms with Crippen LogP contribution in [0.25, 0.3) is 0 Å². The van der Waals surface area contributed by atoms with Crippen molar-refractivity contribution in [2.45, 2.75) is 18.9 Å². The average Bonchev–Trinajstić information content (AvgIpc) is 2.79. The molecule has 18 heavy (non-hydrogen) atoms. The Hall–Kier alpha value is -0.920. The third-order valence-corrected chi connectivity index (χ3v) is 4.44. The fourth-order valence-corrected chi connectivity index (χ4v) is 3.61. The first-order chi connectivity index (χ1) is 8.46. The molecule has 0 bridgehead atoms. The summed E-state index contributed by atoms with van der Waals surface area (Å²) in [5, 5.41) is 1.86. The van der Waals surface area contributed by atoms with Gasteiger partial charge in [-0.3, -0.25) is 4.79 Å². The Morgan fingerprint density at radius 2 is 2.33 bits per heavy atom. The first kappa shape index (κ1) is 13.5. The average molecular weight is 288 g/mol. The van der Waals surface area contributed by atoms with Gasteiger partial charge >= 0.3 is 0 Å². The van der Waals surface area contributed by atoms with Crippen molar-refractivity contribution in [3.05, 3.63) is 22.4 Å². The third-order valence-electron chi connectivity index (χ3n) is 2.82. The van der Waals surface area contributed by atoms with E-state index in [1.807, 2.05) is 11.4 Å². The molecule has 1 aromatic heterocycles. The van der Waals surface area contributed by atoms with E-state index in [0.717, 1.165) is 19.1 Å². The van der Waals surface area contributed by atoms with Gasteiger partial charge in [-0.05, 0) is 24.3 Å². The second-order valence-corrected chi connectivity index (χ2v) is 7.19. The summed E-state index contributed by atoms with van der Waals surface area (Å²) in [5.74, 6) is -0.00926. The molecule has 1 aliphatic rings. The monoisotopic (exact) mass is 288 g/mol. The molecule has 0 unspecified atom stereocenters. The van der Waals surface area contributed by atoms with Gasteiger partial charge in [-0.2, -0.15) is 0 Å². The molecule has 0 aliphatic carbocycles. The zero-order valence-electron chi connectivity index (χ0n) is 10.1. The largest absolute Gasteiger partial charge is 0.336 e. The van der Waals surface area contributed by atoms with E-state index >= 15 is 0 Å². The summed E-state index contributed by atoms with van der Waals surface area (Å²) in [7, 11) is -3.21. The molecule has 0 saturated carbocycles. The van der Waals surface area contributed by atoms with Crippen LogP contribution in [0.2, 0.25) is 0 Å². The van der Waals surface area contributed by atoms with Crippen LogP contribution >= 0.6 is 11.3 Å². The van der Waals surface area contributed by atoms with E-state index in [1.165, 1.54) is 11.3 Å². The minimum Gasteiger partial charge on any atom is -0.336 e. The van der Waals surface area contributed by atoms with Crippen molar-refractivity contribution in [1.29, 1.82) is 0 Å². The molecule has 2 rings (SSSR count). The first-order valence-corrected chi connectivity index (χ1v) is 8.53.